The van der Waals surface area contributed by atoms with E-state index in [-0.39, 0.29) is 11.9 Å². The smallest absolute Gasteiger partial charge is 0.298 e. The van der Waals surface area contributed by atoms with Gasteiger partial charge in [-0.2, -0.15) is 5.10 Å². The summed E-state index contributed by atoms with van der Waals surface area (Å²) in [6, 6.07) is 13.0. The van der Waals surface area contributed by atoms with Crippen molar-refractivity contribution in [1.29, 1.82) is 0 Å². The molecule has 9 nitrogen and oxygen atoms in total. The van der Waals surface area contributed by atoms with Crippen LogP contribution in [0.1, 0.15) is 12.5 Å². The third-order valence-electron chi connectivity index (χ3n) is 5.40. The zero-order valence-corrected chi connectivity index (χ0v) is 17.0. The molecule has 4 aromatic rings. The van der Waals surface area contributed by atoms with Crippen LogP contribution in [0.15, 0.2) is 55.0 Å². The van der Waals surface area contributed by atoms with Crippen LogP contribution < -0.4 is 10.5 Å². The Kier molecular flexibility index (Phi) is 4.88. The van der Waals surface area contributed by atoms with Gasteiger partial charge in [0.2, 0.25) is 0 Å². The second-order valence-electron chi connectivity index (χ2n) is 7.38. The van der Waals surface area contributed by atoms with Crippen molar-refractivity contribution in [3.05, 3.63) is 55.0 Å². The van der Waals surface area contributed by atoms with E-state index in [1.54, 1.807) is 15.8 Å². The predicted molar refractivity (Wildman–Crippen MR) is 119 cm³/mol. The molecule has 1 atom stereocenters. The summed E-state index contributed by atoms with van der Waals surface area (Å²) in [7, 11) is 0. The summed E-state index contributed by atoms with van der Waals surface area (Å²) in [5.41, 5.74) is 7.97. The van der Waals surface area contributed by atoms with Gasteiger partial charge in [0.05, 0.1) is 23.3 Å². The molecule has 158 valence electrons. The quantitative estimate of drug-likeness (QED) is 0.500. The number of benzene rings is 1. The molecule has 0 spiro atoms. The predicted octanol–water partition coefficient (Wildman–Crippen LogP) is 2.67. The Balaban J connectivity index is 1.50. The third-order valence-corrected chi connectivity index (χ3v) is 5.40. The number of hydrogen-bond acceptors (Lipinski definition) is 7. The first-order valence-electron chi connectivity index (χ1n) is 10.1. The topological polar surface area (TPSA) is 112 Å². The standard InChI is InChI=1S/C23H19N7O2/c1-2-19(31)29-11-10-15(13-29)30-23-20(22(24)26-14-27-23)21(28-30)18-9-8-17(12-25-18)32-16-6-4-3-5-7-16/h1,3-9,12,14-15H,10-11,13H2,(H2,24,26,27)/t15-/m1/s1. The molecule has 0 aliphatic carbocycles. The molecule has 5 rings (SSSR count). The fourth-order valence-corrected chi connectivity index (χ4v) is 3.85. The van der Waals surface area contributed by atoms with Gasteiger partial charge in [-0.25, -0.2) is 14.6 Å². The first-order chi connectivity index (χ1) is 15.6. The van der Waals surface area contributed by atoms with E-state index in [2.05, 4.69) is 20.9 Å². The molecule has 1 aliphatic heterocycles. The number of nitrogens with zero attached hydrogens (tertiary/aromatic N) is 6. The molecule has 4 heterocycles. The van der Waals surface area contributed by atoms with Crippen LogP contribution in [0.4, 0.5) is 5.82 Å². The molecule has 0 saturated carbocycles. The van der Waals surface area contributed by atoms with Gasteiger partial charge in [-0.15, -0.1) is 6.42 Å². The number of hydrogen-bond donors (Lipinski definition) is 1. The second-order valence-corrected chi connectivity index (χ2v) is 7.38. The third kappa shape index (κ3) is 3.48. The molecule has 32 heavy (non-hydrogen) atoms. The van der Waals surface area contributed by atoms with Crippen molar-refractivity contribution in [1.82, 2.24) is 29.6 Å². The molecule has 2 N–H and O–H groups in total. The van der Waals surface area contributed by atoms with Gasteiger partial charge in [-0.1, -0.05) is 18.2 Å². The van der Waals surface area contributed by atoms with Gasteiger partial charge in [-0.05, 0) is 36.6 Å². The number of para-hydroxylation sites is 1. The fraction of sp³-hybridized carbons (Fsp3) is 0.174. The number of likely N-dealkylation sites (tertiary alicyclic amines) is 1. The van der Waals surface area contributed by atoms with E-state index in [9.17, 15) is 4.79 Å². The average molecular weight is 425 g/mol. The average Bonchev–Trinajstić information content (AvgIpc) is 3.46. The summed E-state index contributed by atoms with van der Waals surface area (Å²) in [5, 5.41) is 5.40. The summed E-state index contributed by atoms with van der Waals surface area (Å²) in [5.74, 6) is 3.49. The minimum absolute atomic E-state index is 0.0708. The van der Waals surface area contributed by atoms with Crippen molar-refractivity contribution >= 4 is 22.8 Å². The molecule has 1 fully saturated rings. The Morgan fingerprint density at radius 2 is 1.97 bits per heavy atom. The highest BCUT2D eigenvalue weighted by molar-refractivity contribution is 5.97. The summed E-state index contributed by atoms with van der Waals surface area (Å²) in [6.07, 6.45) is 9.02. The Morgan fingerprint density at radius 3 is 2.72 bits per heavy atom. The van der Waals surface area contributed by atoms with Crippen LogP contribution in [0.3, 0.4) is 0 Å². The maximum atomic E-state index is 11.9. The van der Waals surface area contributed by atoms with E-state index in [0.717, 1.165) is 5.75 Å². The summed E-state index contributed by atoms with van der Waals surface area (Å²) < 4.78 is 7.61. The number of terminal acetylenes is 1. The molecule has 1 aliphatic rings. The van der Waals surface area contributed by atoms with E-state index in [4.69, 9.17) is 22.0 Å². The van der Waals surface area contributed by atoms with Crippen LogP contribution in [0, 0.1) is 12.3 Å². The van der Waals surface area contributed by atoms with Crippen LogP contribution in [0.5, 0.6) is 11.5 Å². The minimum atomic E-state index is -0.325. The van der Waals surface area contributed by atoms with Crippen LogP contribution in [-0.2, 0) is 4.79 Å². The number of pyridine rings is 1. The van der Waals surface area contributed by atoms with Gasteiger partial charge in [0.1, 0.15) is 29.3 Å². The van der Waals surface area contributed by atoms with E-state index < -0.39 is 0 Å². The fourth-order valence-electron chi connectivity index (χ4n) is 3.85. The number of nitrogens with two attached hydrogens (primary N) is 1. The molecule has 1 aromatic carbocycles. The largest absolute Gasteiger partial charge is 0.456 e. The Bertz CT molecular complexity index is 1330. The zero-order chi connectivity index (χ0) is 22.1. The number of amides is 1. The summed E-state index contributed by atoms with van der Waals surface area (Å²) in [4.78, 5) is 26.6. The lowest BCUT2D eigenvalue weighted by Gasteiger charge is -2.13. The van der Waals surface area contributed by atoms with Crippen LogP contribution in [0.25, 0.3) is 22.4 Å². The lowest BCUT2D eigenvalue weighted by Crippen LogP contribution is -2.27. The second kappa shape index (κ2) is 8.00. The Morgan fingerprint density at radius 1 is 1.12 bits per heavy atom. The highest BCUT2D eigenvalue weighted by atomic mass is 16.5. The molecule has 1 saturated heterocycles. The van der Waals surface area contributed by atoms with Gasteiger partial charge in [0, 0.05) is 13.1 Å². The number of nitrogen functional groups attached to an aromatic ring is 1. The maximum absolute atomic E-state index is 11.9. The molecule has 1 amide bonds. The molecular formula is C23H19N7O2. The Hall–Kier alpha value is -4.45. The van der Waals surface area contributed by atoms with Gasteiger partial charge >= 0.3 is 0 Å². The van der Waals surface area contributed by atoms with Crippen molar-refractivity contribution in [2.75, 3.05) is 18.8 Å². The molecule has 9 heteroatoms. The van der Waals surface area contributed by atoms with Crippen molar-refractivity contribution in [2.45, 2.75) is 12.5 Å². The number of ether oxygens (including phenoxy) is 1. The number of carbonyl (C=O) groups excluding carboxylic acids is 1. The lowest BCUT2D eigenvalue weighted by molar-refractivity contribution is -0.124. The first kappa shape index (κ1) is 19.5. The number of rotatable bonds is 4. The van der Waals surface area contributed by atoms with Crippen molar-refractivity contribution in [2.24, 2.45) is 0 Å². The van der Waals surface area contributed by atoms with Gasteiger partial charge in [0.15, 0.2) is 5.65 Å². The van der Waals surface area contributed by atoms with E-state index in [1.165, 1.54) is 6.33 Å². The highest BCUT2D eigenvalue weighted by Gasteiger charge is 2.30. The minimum Gasteiger partial charge on any atom is -0.456 e. The first-order valence-corrected chi connectivity index (χ1v) is 10.1. The zero-order valence-electron chi connectivity index (χ0n) is 17.0. The molecule has 3 aromatic heterocycles. The van der Waals surface area contributed by atoms with Crippen LogP contribution >= 0.6 is 0 Å². The number of carbonyl (C=O) groups is 1. The SMILES string of the molecule is C#CC(=O)N1CC[C@@H](n2nc(-c3ccc(Oc4ccccc4)cn3)c3c(N)ncnc32)C1. The number of fused-ring (bicyclic) bond motifs is 1. The van der Waals surface area contributed by atoms with Crippen LogP contribution in [-0.4, -0.2) is 48.6 Å². The normalized spacial score (nSPS) is 15.6. The number of anilines is 1. The van der Waals surface area contributed by atoms with Crippen molar-refractivity contribution < 1.29 is 9.53 Å². The van der Waals surface area contributed by atoms with Crippen LogP contribution in [0.2, 0.25) is 0 Å². The summed E-state index contributed by atoms with van der Waals surface area (Å²) in [6.45, 7) is 1.02. The lowest BCUT2D eigenvalue weighted by atomic mass is 10.2. The molecule has 0 radical (unpaired) electrons. The van der Waals surface area contributed by atoms with Gasteiger partial charge in [-0.3, -0.25) is 9.78 Å². The molecule has 0 bridgehead atoms. The van der Waals surface area contributed by atoms with E-state index >= 15 is 0 Å². The van der Waals surface area contributed by atoms with Crippen molar-refractivity contribution in [3.63, 3.8) is 0 Å². The van der Waals surface area contributed by atoms with Gasteiger partial charge < -0.3 is 15.4 Å². The molecule has 0 unspecified atom stereocenters. The van der Waals surface area contributed by atoms with Crippen molar-refractivity contribution in [3.8, 4) is 35.2 Å². The monoisotopic (exact) mass is 425 g/mol. The number of aromatic nitrogens is 5. The van der Waals surface area contributed by atoms with E-state index in [0.29, 0.717) is 53.5 Å². The van der Waals surface area contributed by atoms with Gasteiger partial charge in [0.25, 0.3) is 5.91 Å². The highest BCUT2D eigenvalue weighted by Crippen LogP contribution is 2.33. The maximum Gasteiger partial charge on any atom is 0.298 e. The molecular weight excluding hydrogens is 406 g/mol. The summed E-state index contributed by atoms with van der Waals surface area (Å²) >= 11 is 0. The van der Waals surface area contributed by atoms with E-state index in [1.807, 2.05) is 42.5 Å². The Labute approximate surface area is 183 Å².